The van der Waals surface area contributed by atoms with Crippen LogP contribution in [0.3, 0.4) is 0 Å². The van der Waals surface area contributed by atoms with E-state index in [0.717, 1.165) is 16.9 Å². The minimum atomic E-state index is -0.299. The van der Waals surface area contributed by atoms with Crippen LogP contribution in [0.2, 0.25) is 5.02 Å². The van der Waals surface area contributed by atoms with Crippen LogP contribution in [0.25, 0.3) is 5.69 Å². The Labute approximate surface area is 167 Å². The van der Waals surface area contributed by atoms with Crippen molar-refractivity contribution < 1.29 is 9.59 Å². The van der Waals surface area contributed by atoms with Crippen LogP contribution >= 0.6 is 11.6 Å². The molecule has 0 aliphatic carbocycles. The van der Waals surface area contributed by atoms with Gasteiger partial charge in [-0.05, 0) is 42.8 Å². The summed E-state index contributed by atoms with van der Waals surface area (Å²) >= 11 is 6.25. The summed E-state index contributed by atoms with van der Waals surface area (Å²) in [6, 6.07) is 16.6. The summed E-state index contributed by atoms with van der Waals surface area (Å²) in [5.41, 5.74) is 3.53. The lowest BCUT2D eigenvalue weighted by Gasteiger charge is -2.10. The van der Waals surface area contributed by atoms with E-state index >= 15 is 0 Å². The molecule has 2 aromatic carbocycles. The Balaban J connectivity index is 1.54. The molecule has 1 aliphatic rings. The molecule has 2 heterocycles. The minimum Gasteiger partial charge on any atom is -0.355 e. The zero-order chi connectivity index (χ0) is 19.7. The van der Waals surface area contributed by atoms with Crippen LogP contribution < -0.4 is 10.6 Å². The number of hydrogen-bond acceptors (Lipinski definition) is 3. The second-order valence-electron chi connectivity index (χ2n) is 6.82. The van der Waals surface area contributed by atoms with E-state index in [4.69, 9.17) is 11.6 Å². The first-order valence-corrected chi connectivity index (χ1v) is 9.38. The van der Waals surface area contributed by atoms with E-state index in [1.54, 1.807) is 16.8 Å². The molecule has 0 radical (unpaired) electrons. The number of halogens is 1. The lowest BCUT2D eigenvalue weighted by molar-refractivity contribution is -0.119. The zero-order valence-corrected chi connectivity index (χ0v) is 16.0. The largest absolute Gasteiger partial charge is 0.355 e. The zero-order valence-electron chi connectivity index (χ0n) is 15.3. The summed E-state index contributed by atoms with van der Waals surface area (Å²) in [5, 5.41) is 10.7. The highest BCUT2D eigenvalue weighted by Gasteiger charge is 2.23. The molecule has 1 aromatic heterocycles. The van der Waals surface area contributed by atoms with E-state index < -0.39 is 0 Å². The number of carbonyl (C=O) groups excluding carboxylic acids is 2. The molecule has 1 saturated heterocycles. The number of aryl methyl sites for hydroxylation is 1. The molecule has 0 bridgehead atoms. The standard InChI is InChI=1S/C21H19ClN4O2/c1-13-9-18(25-26(13)19-8-3-2-7-17(19)22)21(28)24-16-6-4-5-14(10-16)15-11-20(27)23-12-15/h2-10,15H,11-12H2,1H3,(H,23,27)(H,24,28)/t15-/m1/s1. The van der Waals surface area contributed by atoms with Crippen LogP contribution in [-0.2, 0) is 4.79 Å². The molecule has 0 spiro atoms. The van der Waals surface area contributed by atoms with Crippen molar-refractivity contribution in [3.63, 3.8) is 0 Å². The molecule has 0 unspecified atom stereocenters. The quantitative estimate of drug-likeness (QED) is 0.708. The average Bonchev–Trinajstić information content (AvgIpc) is 3.28. The van der Waals surface area contributed by atoms with Crippen molar-refractivity contribution in [3.05, 3.63) is 76.6 Å². The van der Waals surface area contributed by atoms with Gasteiger partial charge in [-0.2, -0.15) is 5.10 Å². The number of amides is 2. The third-order valence-electron chi connectivity index (χ3n) is 4.79. The molecule has 28 heavy (non-hydrogen) atoms. The second kappa shape index (κ2) is 7.48. The van der Waals surface area contributed by atoms with E-state index in [2.05, 4.69) is 15.7 Å². The number of carbonyl (C=O) groups is 2. The normalized spacial score (nSPS) is 16.1. The molecule has 4 rings (SSSR count). The predicted octanol–water partition coefficient (Wildman–Crippen LogP) is 3.69. The van der Waals surface area contributed by atoms with Gasteiger partial charge in [-0.25, -0.2) is 4.68 Å². The van der Waals surface area contributed by atoms with Crippen molar-refractivity contribution in [2.24, 2.45) is 0 Å². The maximum Gasteiger partial charge on any atom is 0.276 e. The van der Waals surface area contributed by atoms with Gasteiger partial charge in [0, 0.05) is 30.3 Å². The third kappa shape index (κ3) is 3.64. The summed E-state index contributed by atoms with van der Waals surface area (Å²) in [7, 11) is 0. The van der Waals surface area contributed by atoms with Gasteiger partial charge in [0.1, 0.15) is 0 Å². The molecule has 1 fully saturated rings. The van der Waals surface area contributed by atoms with Gasteiger partial charge in [-0.15, -0.1) is 0 Å². The Morgan fingerprint density at radius 2 is 2.04 bits per heavy atom. The Bertz CT molecular complexity index is 1060. The van der Waals surface area contributed by atoms with E-state index in [1.807, 2.05) is 49.4 Å². The van der Waals surface area contributed by atoms with Gasteiger partial charge in [-0.1, -0.05) is 35.9 Å². The maximum atomic E-state index is 12.7. The van der Waals surface area contributed by atoms with E-state index in [0.29, 0.717) is 29.4 Å². The molecule has 142 valence electrons. The van der Waals surface area contributed by atoms with Crippen LogP contribution in [0.4, 0.5) is 5.69 Å². The number of rotatable bonds is 4. The van der Waals surface area contributed by atoms with Crippen molar-refractivity contribution in [1.29, 1.82) is 0 Å². The maximum absolute atomic E-state index is 12.7. The number of hydrogen-bond donors (Lipinski definition) is 2. The first kappa shape index (κ1) is 18.3. The van der Waals surface area contributed by atoms with Gasteiger partial charge < -0.3 is 10.6 Å². The molecular formula is C21H19ClN4O2. The summed E-state index contributed by atoms with van der Waals surface area (Å²) in [6.07, 6.45) is 0.471. The third-order valence-corrected chi connectivity index (χ3v) is 5.11. The lowest BCUT2D eigenvalue weighted by atomic mass is 9.98. The van der Waals surface area contributed by atoms with Gasteiger partial charge in [0.15, 0.2) is 5.69 Å². The second-order valence-corrected chi connectivity index (χ2v) is 7.23. The predicted molar refractivity (Wildman–Crippen MR) is 108 cm³/mol. The molecular weight excluding hydrogens is 376 g/mol. The monoisotopic (exact) mass is 394 g/mol. The van der Waals surface area contributed by atoms with Crippen LogP contribution in [0, 0.1) is 6.92 Å². The fraction of sp³-hybridized carbons (Fsp3) is 0.190. The van der Waals surface area contributed by atoms with Gasteiger partial charge >= 0.3 is 0 Å². The average molecular weight is 395 g/mol. The van der Waals surface area contributed by atoms with Crippen molar-refractivity contribution in [3.8, 4) is 5.69 Å². The fourth-order valence-corrected chi connectivity index (χ4v) is 3.57. The number of anilines is 1. The van der Waals surface area contributed by atoms with Crippen molar-refractivity contribution >= 4 is 29.1 Å². The lowest BCUT2D eigenvalue weighted by Crippen LogP contribution is -2.14. The number of aromatic nitrogens is 2. The summed E-state index contributed by atoms with van der Waals surface area (Å²) in [5.74, 6) is -0.113. The molecule has 2 amide bonds. The van der Waals surface area contributed by atoms with Gasteiger partial charge in [-0.3, -0.25) is 9.59 Å². The van der Waals surface area contributed by atoms with Crippen LogP contribution in [-0.4, -0.2) is 28.1 Å². The summed E-state index contributed by atoms with van der Waals surface area (Å²) in [4.78, 5) is 24.1. The number of nitrogens with one attached hydrogen (secondary N) is 2. The number of nitrogens with zero attached hydrogens (tertiary/aromatic N) is 2. The van der Waals surface area contributed by atoms with Gasteiger partial charge in [0.2, 0.25) is 5.91 Å². The van der Waals surface area contributed by atoms with Crippen LogP contribution in [0.15, 0.2) is 54.6 Å². The number of benzene rings is 2. The molecule has 3 aromatic rings. The molecule has 1 atom stereocenters. The smallest absolute Gasteiger partial charge is 0.276 e. The van der Waals surface area contributed by atoms with Crippen molar-refractivity contribution in [2.75, 3.05) is 11.9 Å². The van der Waals surface area contributed by atoms with Gasteiger partial charge in [0.25, 0.3) is 5.91 Å². The first-order valence-electron chi connectivity index (χ1n) is 9.01. The SMILES string of the molecule is Cc1cc(C(=O)Nc2cccc([C@H]3CNC(=O)C3)c2)nn1-c1ccccc1Cl. The highest BCUT2D eigenvalue weighted by molar-refractivity contribution is 6.32. The summed E-state index contributed by atoms with van der Waals surface area (Å²) < 4.78 is 1.66. The first-order chi connectivity index (χ1) is 13.5. The molecule has 2 N–H and O–H groups in total. The van der Waals surface area contributed by atoms with E-state index in [1.165, 1.54) is 0 Å². The Kier molecular flexibility index (Phi) is 4.88. The van der Waals surface area contributed by atoms with E-state index in [9.17, 15) is 9.59 Å². The Morgan fingerprint density at radius 3 is 2.79 bits per heavy atom. The van der Waals surface area contributed by atoms with E-state index in [-0.39, 0.29) is 17.7 Å². The molecule has 7 heteroatoms. The van der Waals surface area contributed by atoms with Crippen LogP contribution in [0.1, 0.15) is 34.1 Å². The molecule has 1 aliphatic heterocycles. The molecule has 6 nitrogen and oxygen atoms in total. The Morgan fingerprint density at radius 1 is 1.21 bits per heavy atom. The van der Waals surface area contributed by atoms with Crippen molar-refractivity contribution in [2.45, 2.75) is 19.3 Å². The van der Waals surface area contributed by atoms with Crippen LogP contribution in [0.5, 0.6) is 0 Å². The summed E-state index contributed by atoms with van der Waals surface area (Å²) in [6.45, 7) is 2.50. The fourth-order valence-electron chi connectivity index (χ4n) is 3.36. The highest BCUT2D eigenvalue weighted by atomic mass is 35.5. The van der Waals surface area contributed by atoms with Gasteiger partial charge in [0.05, 0.1) is 10.7 Å². The minimum absolute atomic E-state index is 0.0556. The topological polar surface area (TPSA) is 76.0 Å². The molecule has 0 saturated carbocycles. The number of para-hydroxylation sites is 1. The highest BCUT2D eigenvalue weighted by Crippen LogP contribution is 2.26. The van der Waals surface area contributed by atoms with Crippen molar-refractivity contribution in [1.82, 2.24) is 15.1 Å². The Hall–Kier alpha value is -3.12.